The topological polar surface area (TPSA) is 72.3 Å². The molecule has 7 aromatic rings. The Labute approximate surface area is 261 Å². The first-order chi connectivity index (χ1) is 22.3. The van der Waals surface area contributed by atoms with Crippen molar-refractivity contribution >= 4 is 53.1 Å². The lowest BCUT2D eigenvalue weighted by molar-refractivity contribution is -0.140. The second-order valence-corrected chi connectivity index (χ2v) is 11.6. The second kappa shape index (κ2) is 10.4. The number of rotatable bonds is 2. The molecule has 0 radical (unpaired) electrons. The Balaban J connectivity index is 1.50. The second-order valence-electron chi connectivity index (χ2n) is 10.5. The van der Waals surface area contributed by atoms with Crippen LogP contribution in [0.1, 0.15) is 11.1 Å². The van der Waals surface area contributed by atoms with E-state index >= 15 is 0 Å². The average Bonchev–Trinajstić information content (AvgIpc) is 3.63. The van der Waals surface area contributed by atoms with Gasteiger partial charge >= 0.3 is 12.4 Å². The van der Waals surface area contributed by atoms with E-state index < -0.39 is 35.1 Å². The van der Waals surface area contributed by atoms with Crippen LogP contribution in [0.2, 0.25) is 0 Å². The van der Waals surface area contributed by atoms with E-state index in [1.165, 1.54) is 23.5 Å². The fraction of sp³-hybridized carbons (Fsp3) is 0.0588. The van der Waals surface area contributed by atoms with Gasteiger partial charge < -0.3 is 0 Å². The number of hydrogen-bond acceptors (Lipinski definition) is 5. The number of hydrogen-bond donors (Lipinski definition) is 0. The van der Waals surface area contributed by atoms with E-state index in [0.29, 0.717) is 65.0 Å². The van der Waals surface area contributed by atoms with Crippen LogP contribution in [0.3, 0.4) is 0 Å². The third-order valence-corrected chi connectivity index (χ3v) is 9.16. The van der Waals surface area contributed by atoms with Crippen molar-refractivity contribution in [2.45, 2.75) is 12.4 Å². The maximum absolute atomic E-state index is 14.0. The molecular weight excluding hydrogens is 648 g/mol. The maximum Gasteiger partial charge on any atom is 0.419 e. The predicted octanol–water partition coefficient (Wildman–Crippen LogP) is 9.65. The van der Waals surface area contributed by atoms with Crippen LogP contribution in [0, 0.1) is 34.5 Å². The molecule has 7 rings (SSSR count). The summed E-state index contributed by atoms with van der Waals surface area (Å²) in [5.41, 5.74) is -2.02. The van der Waals surface area contributed by atoms with Gasteiger partial charge in [0.1, 0.15) is 22.3 Å². The van der Waals surface area contributed by atoms with E-state index in [9.17, 15) is 45.6 Å². The van der Waals surface area contributed by atoms with E-state index in [2.05, 4.69) is 9.98 Å². The monoisotopic (exact) mass is 660 g/mol. The Morgan fingerprint density at radius 3 is 1.23 bits per heavy atom. The van der Waals surface area contributed by atoms with Crippen LogP contribution in [0.25, 0.3) is 64.0 Å². The van der Waals surface area contributed by atoms with Gasteiger partial charge in [-0.25, -0.2) is 8.78 Å². The number of benzene rings is 4. The largest absolute Gasteiger partial charge is 0.419 e. The summed E-state index contributed by atoms with van der Waals surface area (Å²) in [5, 5.41) is 22.9. The van der Waals surface area contributed by atoms with E-state index in [0.717, 1.165) is 12.1 Å². The molecule has 0 fully saturated rings. The van der Waals surface area contributed by atoms with Crippen LogP contribution in [-0.4, -0.2) is 0 Å². The summed E-state index contributed by atoms with van der Waals surface area (Å²) in [6.45, 7) is 0. The molecule has 0 aliphatic carbocycles. The standard InChI is InChI=1S/C34H12F8N4S/c35-25-7-3-17(11-23(25)33(37,38)39)15-1-5-19-21(9-15)29(45-13-43)31-27(19)28-20-6-2-16(10-22(20)30(46-14-44)32(28)47-31)18-4-8-26(36)24(12-18)34(40,41)42/h1-12H/b45-29-,46-30+. The van der Waals surface area contributed by atoms with Gasteiger partial charge in [0.05, 0.1) is 20.5 Å². The molecule has 0 bridgehead atoms. The van der Waals surface area contributed by atoms with Crippen molar-refractivity contribution < 1.29 is 35.1 Å². The average molecular weight is 661 g/mol. The van der Waals surface area contributed by atoms with Crippen LogP contribution in [-0.2, 0) is 12.4 Å². The predicted molar refractivity (Wildman–Crippen MR) is 160 cm³/mol. The first-order valence-corrected chi connectivity index (χ1v) is 14.3. The highest BCUT2D eigenvalue weighted by Gasteiger charge is 2.35. The third-order valence-electron chi connectivity index (χ3n) is 7.96. The highest BCUT2D eigenvalue weighted by molar-refractivity contribution is 7.26. The lowest BCUT2D eigenvalue weighted by Gasteiger charge is -2.10. The summed E-state index contributed by atoms with van der Waals surface area (Å²) >= 11 is 1.18. The third kappa shape index (κ3) is 4.70. The summed E-state index contributed by atoms with van der Waals surface area (Å²) in [6, 6.07) is 14.9. The van der Waals surface area contributed by atoms with Gasteiger partial charge in [0.15, 0.2) is 0 Å². The molecule has 0 atom stereocenters. The zero-order valence-corrected chi connectivity index (χ0v) is 24.0. The van der Waals surface area contributed by atoms with Gasteiger partial charge in [-0.15, -0.1) is 11.3 Å². The van der Waals surface area contributed by atoms with Gasteiger partial charge in [0.2, 0.25) is 12.4 Å². The quantitative estimate of drug-likeness (QED) is 0.137. The number of halogens is 8. The molecule has 230 valence electrons. The van der Waals surface area contributed by atoms with Crippen molar-refractivity contribution in [2.24, 2.45) is 9.98 Å². The fourth-order valence-corrected chi connectivity index (χ4v) is 7.30. The lowest BCUT2D eigenvalue weighted by Crippen LogP contribution is -2.08. The van der Waals surface area contributed by atoms with Crippen molar-refractivity contribution in [3.63, 3.8) is 0 Å². The molecule has 0 N–H and O–H groups in total. The Kier molecular flexibility index (Phi) is 6.67. The molecule has 0 aliphatic rings. The number of fused-ring (bicyclic) bond motifs is 7. The van der Waals surface area contributed by atoms with E-state index in [4.69, 9.17) is 0 Å². The van der Waals surface area contributed by atoms with Gasteiger partial charge in [-0.1, -0.05) is 36.4 Å². The lowest BCUT2D eigenvalue weighted by atomic mass is 9.99. The summed E-state index contributed by atoms with van der Waals surface area (Å²) in [4.78, 5) is 8.01. The molecule has 0 amide bonds. The minimum Gasteiger partial charge on any atom is -0.206 e. The normalized spacial score (nSPS) is 13.3. The smallest absolute Gasteiger partial charge is 0.206 e. The van der Waals surface area contributed by atoms with Gasteiger partial charge in [-0.3, -0.25) is 0 Å². The zero-order chi connectivity index (χ0) is 33.4. The first kappa shape index (κ1) is 30.0. The van der Waals surface area contributed by atoms with Gasteiger partial charge in [-0.05, 0) is 69.4 Å². The molecular formula is C34H12F8N4S. The summed E-state index contributed by atoms with van der Waals surface area (Å²) < 4.78 is 110. The highest BCUT2D eigenvalue weighted by Crippen LogP contribution is 2.43. The molecule has 13 heteroatoms. The van der Waals surface area contributed by atoms with Gasteiger partial charge in [0, 0.05) is 21.5 Å². The first-order valence-electron chi connectivity index (χ1n) is 13.5. The molecule has 1 aromatic heterocycles. The SMILES string of the molecule is N#C/N=c1/c2cc(-c3ccc(F)c(C(F)(F)F)c3)ccc2c2c1sc1/c(=N/C#N)c3cc(-c4ccc(F)c(C(F)(F)F)c4)ccc3c12. The Morgan fingerprint density at radius 1 is 0.511 bits per heavy atom. The number of thiophene rings is 1. The Bertz CT molecular complexity index is 2480. The minimum absolute atomic E-state index is 0.0918. The molecule has 0 saturated carbocycles. The molecule has 1 heterocycles. The van der Waals surface area contributed by atoms with Crippen LogP contribution < -0.4 is 10.7 Å². The number of nitriles is 2. The summed E-state index contributed by atoms with van der Waals surface area (Å²) in [6.07, 6.45) is -6.31. The van der Waals surface area contributed by atoms with Gasteiger partial charge in [0.25, 0.3) is 0 Å². The van der Waals surface area contributed by atoms with E-state index in [1.807, 2.05) is 0 Å². The molecule has 6 aromatic carbocycles. The van der Waals surface area contributed by atoms with Crippen LogP contribution in [0.5, 0.6) is 0 Å². The number of alkyl halides is 6. The Morgan fingerprint density at radius 2 is 0.872 bits per heavy atom. The van der Waals surface area contributed by atoms with E-state index in [1.54, 1.807) is 48.8 Å². The van der Waals surface area contributed by atoms with Crippen molar-refractivity contribution in [1.82, 2.24) is 0 Å². The highest BCUT2D eigenvalue weighted by atomic mass is 32.1. The minimum atomic E-state index is -4.91. The van der Waals surface area contributed by atoms with Crippen molar-refractivity contribution in [1.29, 1.82) is 10.5 Å². The van der Waals surface area contributed by atoms with Crippen LogP contribution in [0.15, 0.2) is 82.8 Å². The van der Waals surface area contributed by atoms with Crippen LogP contribution in [0.4, 0.5) is 35.1 Å². The maximum atomic E-state index is 14.0. The molecule has 4 nitrogen and oxygen atoms in total. The number of nitrogens with zero attached hydrogens (tertiary/aromatic N) is 4. The molecule has 0 saturated heterocycles. The zero-order valence-electron chi connectivity index (χ0n) is 23.1. The van der Waals surface area contributed by atoms with Crippen molar-refractivity contribution in [3.8, 4) is 34.6 Å². The summed E-state index contributed by atoms with van der Waals surface area (Å²) in [5.74, 6) is -2.83. The van der Waals surface area contributed by atoms with Crippen molar-refractivity contribution in [2.75, 3.05) is 0 Å². The molecule has 0 spiro atoms. The van der Waals surface area contributed by atoms with Crippen molar-refractivity contribution in [3.05, 3.63) is 106 Å². The van der Waals surface area contributed by atoms with Gasteiger partial charge in [-0.2, -0.15) is 46.9 Å². The molecule has 0 unspecified atom stereocenters. The Hall–Kier alpha value is -5.66. The van der Waals surface area contributed by atoms with E-state index in [-0.39, 0.29) is 21.8 Å². The molecule has 0 aliphatic heterocycles. The van der Waals surface area contributed by atoms with Crippen LogP contribution >= 0.6 is 11.3 Å². The molecule has 47 heavy (non-hydrogen) atoms. The summed E-state index contributed by atoms with van der Waals surface area (Å²) in [7, 11) is 0. The fourth-order valence-electron chi connectivity index (χ4n) is 5.96.